The van der Waals surface area contributed by atoms with Crippen LogP contribution in [0.3, 0.4) is 0 Å². The van der Waals surface area contributed by atoms with Crippen LogP contribution in [0.15, 0.2) is 24.3 Å². The minimum absolute atomic E-state index is 0.246. The highest BCUT2D eigenvalue weighted by atomic mass is 35.5. The van der Waals surface area contributed by atoms with Crippen LogP contribution in [0, 0.1) is 0 Å². The smallest absolute Gasteiger partial charge is 0.0814 e. The summed E-state index contributed by atoms with van der Waals surface area (Å²) < 4.78 is 11.5. The van der Waals surface area contributed by atoms with Gasteiger partial charge in [0.15, 0.2) is 0 Å². The van der Waals surface area contributed by atoms with Crippen molar-refractivity contribution in [2.75, 3.05) is 20.2 Å². The van der Waals surface area contributed by atoms with Crippen LogP contribution < -0.4 is 5.32 Å². The molecule has 2 unspecified atom stereocenters. The van der Waals surface area contributed by atoms with Crippen LogP contribution in [0.5, 0.6) is 0 Å². The average molecular weight is 270 g/mol. The zero-order chi connectivity index (χ0) is 12.8. The molecule has 18 heavy (non-hydrogen) atoms. The van der Waals surface area contributed by atoms with Gasteiger partial charge in [0.05, 0.1) is 25.4 Å². The molecule has 1 aromatic carbocycles. The maximum absolute atomic E-state index is 5.85. The van der Waals surface area contributed by atoms with E-state index in [2.05, 4.69) is 5.32 Å². The molecule has 2 rings (SSSR count). The maximum atomic E-state index is 5.85. The molecule has 0 aliphatic carbocycles. The summed E-state index contributed by atoms with van der Waals surface area (Å²) in [5.74, 6) is 0. The van der Waals surface area contributed by atoms with Gasteiger partial charge < -0.3 is 14.8 Å². The molecule has 0 radical (unpaired) electrons. The topological polar surface area (TPSA) is 30.5 Å². The van der Waals surface area contributed by atoms with E-state index in [0.717, 1.165) is 30.0 Å². The second-order valence-electron chi connectivity index (χ2n) is 4.66. The van der Waals surface area contributed by atoms with Crippen molar-refractivity contribution in [3.63, 3.8) is 0 Å². The van der Waals surface area contributed by atoms with Crippen molar-refractivity contribution >= 4 is 11.6 Å². The van der Waals surface area contributed by atoms with Crippen LogP contribution in [-0.4, -0.2) is 32.4 Å². The molecule has 1 aromatic rings. The standard InChI is InChI=1S/C14H20ClNO2/c1-16-8-13-6-7-14(18-13)10-17-9-11-2-4-12(15)5-3-11/h2-5,13-14,16H,6-10H2,1H3. The van der Waals surface area contributed by atoms with Gasteiger partial charge in [-0.25, -0.2) is 0 Å². The Hall–Kier alpha value is -0.610. The first kappa shape index (κ1) is 13.8. The van der Waals surface area contributed by atoms with Crippen LogP contribution in [0.2, 0.25) is 5.02 Å². The number of rotatable bonds is 6. The number of nitrogens with one attached hydrogen (secondary N) is 1. The number of hydrogen-bond donors (Lipinski definition) is 1. The zero-order valence-corrected chi connectivity index (χ0v) is 11.5. The Bertz CT molecular complexity index is 355. The van der Waals surface area contributed by atoms with Gasteiger partial charge in [0, 0.05) is 11.6 Å². The van der Waals surface area contributed by atoms with Gasteiger partial charge in [-0.3, -0.25) is 0 Å². The Morgan fingerprint density at radius 3 is 2.72 bits per heavy atom. The van der Waals surface area contributed by atoms with Crippen LogP contribution in [0.1, 0.15) is 18.4 Å². The van der Waals surface area contributed by atoms with E-state index in [9.17, 15) is 0 Å². The number of ether oxygens (including phenoxy) is 2. The van der Waals surface area contributed by atoms with E-state index < -0.39 is 0 Å². The van der Waals surface area contributed by atoms with Crippen molar-refractivity contribution < 1.29 is 9.47 Å². The highest BCUT2D eigenvalue weighted by Gasteiger charge is 2.24. The Labute approximate surface area is 113 Å². The normalized spacial score (nSPS) is 23.4. The Morgan fingerprint density at radius 2 is 2.00 bits per heavy atom. The summed E-state index contributed by atoms with van der Waals surface area (Å²) in [6.45, 7) is 2.21. The molecule has 1 N–H and O–H groups in total. The number of likely N-dealkylation sites (N-methyl/N-ethyl adjacent to an activating group) is 1. The molecule has 0 spiro atoms. The SMILES string of the molecule is CNCC1CCC(COCc2ccc(Cl)cc2)O1. The summed E-state index contributed by atoms with van der Waals surface area (Å²) in [7, 11) is 1.95. The molecule has 0 bridgehead atoms. The zero-order valence-electron chi connectivity index (χ0n) is 10.7. The number of halogens is 1. The van der Waals surface area contributed by atoms with Crippen LogP contribution in [-0.2, 0) is 16.1 Å². The Balaban J connectivity index is 1.65. The van der Waals surface area contributed by atoms with Crippen LogP contribution in [0.25, 0.3) is 0 Å². The summed E-state index contributed by atoms with van der Waals surface area (Å²) >= 11 is 5.83. The molecule has 100 valence electrons. The van der Waals surface area contributed by atoms with Crippen molar-refractivity contribution in [3.8, 4) is 0 Å². The molecule has 0 amide bonds. The fourth-order valence-electron chi connectivity index (χ4n) is 2.17. The lowest BCUT2D eigenvalue weighted by Gasteiger charge is -2.13. The summed E-state index contributed by atoms with van der Waals surface area (Å²) in [5.41, 5.74) is 1.14. The van der Waals surface area contributed by atoms with Gasteiger partial charge in [-0.05, 0) is 37.6 Å². The molecule has 4 heteroatoms. The van der Waals surface area contributed by atoms with E-state index in [1.54, 1.807) is 0 Å². The van der Waals surface area contributed by atoms with Crippen molar-refractivity contribution in [1.82, 2.24) is 5.32 Å². The highest BCUT2D eigenvalue weighted by Crippen LogP contribution is 2.19. The van der Waals surface area contributed by atoms with E-state index in [1.165, 1.54) is 0 Å². The molecule has 2 atom stereocenters. The predicted octanol–water partition coefficient (Wildman–Crippen LogP) is 2.62. The third-order valence-electron chi connectivity index (χ3n) is 3.11. The molecule has 0 saturated carbocycles. The summed E-state index contributed by atoms with van der Waals surface area (Å²) in [5, 5.41) is 3.90. The van der Waals surface area contributed by atoms with Crippen LogP contribution in [0.4, 0.5) is 0 Å². The van der Waals surface area contributed by atoms with Crippen molar-refractivity contribution in [2.45, 2.75) is 31.7 Å². The van der Waals surface area contributed by atoms with Gasteiger partial charge in [-0.1, -0.05) is 23.7 Å². The summed E-state index contributed by atoms with van der Waals surface area (Å²) in [6.07, 6.45) is 2.80. The van der Waals surface area contributed by atoms with E-state index in [-0.39, 0.29) is 6.10 Å². The quantitative estimate of drug-likeness (QED) is 0.861. The van der Waals surface area contributed by atoms with Gasteiger partial charge in [0.1, 0.15) is 0 Å². The van der Waals surface area contributed by atoms with Crippen molar-refractivity contribution in [1.29, 1.82) is 0 Å². The molecular formula is C14H20ClNO2. The molecule has 1 heterocycles. The van der Waals surface area contributed by atoms with Gasteiger partial charge in [-0.2, -0.15) is 0 Å². The Morgan fingerprint density at radius 1 is 1.28 bits per heavy atom. The minimum Gasteiger partial charge on any atom is -0.374 e. The average Bonchev–Trinajstić information content (AvgIpc) is 2.80. The Kier molecular flexibility index (Phi) is 5.45. The van der Waals surface area contributed by atoms with Crippen LogP contribution >= 0.6 is 11.6 Å². The number of benzene rings is 1. The van der Waals surface area contributed by atoms with Gasteiger partial charge in [-0.15, -0.1) is 0 Å². The predicted molar refractivity (Wildman–Crippen MR) is 72.9 cm³/mol. The van der Waals surface area contributed by atoms with Gasteiger partial charge >= 0.3 is 0 Å². The minimum atomic E-state index is 0.246. The summed E-state index contributed by atoms with van der Waals surface area (Å²) in [4.78, 5) is 0. The third kappa shape index (κ3) is 4.25. The number of hydrogen-bond acceptors (Lipinski definition) is 3. The molecule has 1 saturated heterocycles. The molecule has 1 aliphatic rings. The highest BCUT2D eigenvalue weighted by molar-refractivity contribution is 6.30. The molecule has 3 nitrogen and oxygen atoms in total. The fourth-order valence-corrected chi connectivity index (χ4v) is 2.30. The van der Waals surface area contributed by atoms with E-state index in [4.69, 9.17) is 21.1 Å². The van der Waals surface area contributed by atoms with Crippen molar-refractivity contribution in [3.05, 3.63) is 34.9 Å². The lowest BCUT2D eigenvalue weighted by Crippen LogP contribution is -2.25. The lowest BCUT2D eigenvalue weighted by atomic mass is 10.2. The summed E-state index contributed by atoms with van der Waals surface area (Å²) in [6, 6.07) is 7.74. The second kappa shape index (κ2) is 7.10. The molecular weight excluding hydrogens is 250 g/mol. The first-order valence-corrected chi connectivity index (χ1v) is 6.78. The second-order valence-corrected chi connectivity index (χ2v) is 5.09. The van der Waals surface area contributed by atoms with Gasteiger partial charge in [0.2, 0.25) is 0 Å². The molecule has 0 aromatic heterocycles. The van der Waals surface area contributed by atoms with E-state index in [0.29, 0.717) is 19.3 Å². The van der Waals surface area contributed by atoms with Crippen molar-refractivity contribution in [2.24, 2.45) is 0 Å². The van der Waals surface area contributed by atoms with E-state index >= 15 is 0 Å². The largest absolute Gasteiger partial charge is 0.374 e. The fraction of sp³-hybridized carbons (Fsp3) is 0.571. The third-order valence-corrected chi connectivity index (χ3v) is 3.37. The monoisotopic (exact) mass is 269 g/mol. The van der Waals surface area contributed by atoms with Gasteiger partial charge in [0.25, 0.3) is 0 Å². The first-order valence-electron chi connectivity index (χ1n) is 6.40. The molecule has 1 aliphatic heterocycles. The molecule has 1 fully saturated rings. The maximum Gasteiger partial charge on any atom is 0.0814 e. The van der Waals surface area contributed by atoms with E-state index in [1.807, 2.05) is 31.3 Å². The first-order chi connectivity index (χ1) is 8.78. The lowest BCUT2D eigenvalue weighted by molar-refractivity contribution is -0.0185.